The molecule has 1 aliphatic heterocycles. The summed E-state index contributed by atoms with van der Waals surface area (Å²) < 4.78 is 17.0. The van der Waals surface area contributed by atoms with Crippen molar-refractivity contribution in [3.05, 3.63) is 47.5 Å². The van der Waals surface area contributed by atoms with E-state index in [0.717, 1.165) is 11.3 Å². The Morgan fingerprint density at radius 1 is 1.29 bits per heavy atom. The highest BCUT2D eigenvalue weighted by Gasteiger charge is 2.20. The fourth-order valence-electron chi connectivity index (χ4n) is 2.55. The number of para-hydroxylation sites is 1. The highest BCUT2D eigenvalue weighted by molar-refractivity contribution is 5.91. The van der Waals surface area contributed by atoms with Crippen LogP contribution >= 0.6 is 0 Å². The summed E-state index contributed by atoms with van der Waals surface area (Å²) in [6.07, 6.45) is -0.154. The molecule has 1 heterocycles. The number of anilines is 1. The third-order valence-electron chi connectivity index (χ3n) is 3.60. The number of rotatable bonds is 4. The number of fused-ring (bicyclic) bond motifs is 2. The van der Waals surface area contributed by atoms with Gasteiger partial charge in [-0.1, -0.05) is 12.1 Å². The predicted octanol–water partition coefficient (Wildman–Crippen LogP) is 4.37. The van der Waals surface area contributed by atoms with Gasteiger partial charge >= 0.3 is 5.97 Å². The normalized spacial score (nSPS) is 12.3. The number of benzene rings is 2. The van der Waals surface area contributed by atoms with Gasteiger partial charge in [0.1, 0.15) is 0 Å². The molecule has 2 aromatic rings. The summed E-state index contributed by atoms with van der Waals surface area (Å²) in [5, 5.41) is 3.31. The second kappa shape index (κ2) is 6.83. The van der Waals surface area contributed by atoms with Crippen LogP contribution in [0.15, 0.2) is 36.4 Å². The summed E-state index contributed by atoms with van der Waals surface area (Å²) in [5.74, 6) is 1.74. The molecule has 0 unspecified atom stereocenters. The summed E-state index contributed by atoms with van der Waals surface area (Å²) in [7, 11) is 0. The molecule has 126 valence electrons. The number of nitrogens with one attached hydrogen (secondary N) is 1. The Labute approximate surface area is 141 Å². The SMILES string of the molecule is CCOc1cccc2c1Oc1ccc(C(=O)OC(C)C)cc1NC2. The second-order valence-corrected chi connectivity index (χ2v) is 5.80. The Morgan fingerprint density at radius 2 is 2.12 bits per heavy atom. The molecular weight excluding hydrogens is 306 g/mol. The van der Waals surface area contributed by atoms with Crippen LogP contribution in [0.3, 0.4) is 0 Å². The van der Waals surface area contributed by atoms with Crippen LogP contribution in [-0.2, 0) is 11.3 Å². The van der Waals surface area contributed by atoms with Crippen molar-refractivity contribution in [1.29, 1.82) is 0 Å². The molecule has 24 heavy (non-hydrogen) atoms. The van der Waals surface area contributed by atoms with Crippen molar-refractivity contribution < 1.29 is 19.0 Å². The van der Waals surface area contributed by atoms with Gasteiger partial charge in [0.05, 0.1) is 24.0 Å². The van der Waals surface area contributed by atoms with E-state index in [0.29, 0.717) is 36.0 Å². The van der Waals surface area contributed by atoms with Crippen molar-refractivity contribution in [3.63, 3.8) is 0 Å². The maximum atomic E-state index is 12.1. The van der Waals surface area contributed by atoms with Gasteiger partial charge < -0.3 is 19.5 Å². The largest absolute Gasteiger partial charge is 0.490 e. The molecule has 3 rings (SSSR count). The lowest BCUT2D eigenvalue weighted by atomic mass is 10.1. The Kier molecular flexibility index (Phi) is 4.60. The van der Waals surface area contributed by atoms with Crippen molar-refractivity contribution in [2.75, 3.05) is 11.9 Å². The lowest BCUT2D eigenvalue weighted by molar-refractivity contribution is 0.0378. The number of esters is 1. The molecule has 0 aromatic heterocycles. The minimum absolute atomic E-state index is 0.154. The predicted molar refractivity (Wildman–Crippen MR) is 92.0 cm³/mol. The Hall–Kier alpha value is -2.69. The van der Waals surface area contributed by atoms with Crippen LogP contribution in [0.4, 0.5) is 5.69 Å². The molecule has 0 atom stereocenters. The zero-order chi connectivity index (χ0) is 17.1. The molecule has 0 fully saturated rings. The van der Waals surface area contributed by atoms with Crippen LogP contribution < -0.4 is 14.8 Å². The van der Waals surface area contributed by atoms with Gasteiger partial charge in [-0.2, -0.15) is 0 Å². The summed E-state index contributed by atoms with van der Waals surface area (Å²) in [4.78, 5) is 12.1. The number of hydrogen-bond donors (Lipinski definition) is 1. The van der Waals surface area contributed by atoms with Gasteiger partial charge in [-0.15, -0.1) is 0 Å². The van der Waals surface area contributed by atoms with Gasteiger partial charge in [0, 0.05) is 12.1 Å². The van der Waals surface area contributed by atoms with Gasteiger partial charge in [0.15, 0.2) is 17.2 Å². The third-order valence-corrected chi connectivity index (χ3v) is 3.60. The lowest BCUT2D eigenvalue weighted by Crippen LogP contribution is -2.11. The molecule has 1 aliphatic rings. The quantitative estimate of drug-likeness (QED) is 0.845. The molecule has 0 saturated heterocycles. The molecule has 2 aromatic carbocycles. The van der Waals surface area contributed by atoms with Gasteiger partial charge in [-0.05, 0) is 45.0 Å². The minimum atomic E-state index is -0.341. The van der Waals surface area contributed by atoms with Gasteiger partial charge in [0.2, 0.25) is 0 Å². The maximum Gasteiger partial charge on any atom is 0.338 e. The smallest absolute Gasteiger partial charge is 0.338 e. The highest BCUT2D eigenvalue weighted by atomic mass is 16.5. The molecule has 1 N–H and O–H groups in total. The van der Waals surface area contributed by atoms with E-state index in [-0.39, 0.29) is 12.1 Å². The monoisotopic (exact) mass is 327 g/mol. The molecule has 0 radical (unpaired) electrons. The van der Waals surface area contributed by atoms with Gasteiger partial charge in [-0.3, -0.25) is 0 Å². The Bertz CT molecular complexity index is 755. The number of ether oxygens (including phenoxy) is 3. The standard InChI is InChI=1S/C19H21NO4/c1-4-22-17-7-5-6-14-11-20-15-10-13(19(21)23-12(2)3)8-9-16(15)24-18(14)17/h5-10,12,20H,4,11H2,1-3H3. The zero-order valence-electron chi connectivity index (χ0n) is 14.1. The van der Waals surface area contributed by atoms with E-state index in [1.165, 1.54) is 0 Å². The van der Waals surface area contributed by atoms with E-state index in [2.05, 4.69) is 5.32 Å². The van der Waals surface area contributed by atoms with Gasteiger partial charge in [0.25, 0.3) is 0 Å². The number of carbonyl (C=O) groups excluding carboxylic acids is 1. The third kappa shape index (κ3) is 3.30. The van der Waals surface area contributed by atoms with Crippen LogP contribution in [0.2, 0.25) is 0 Å². The summed E-state index contributed by atoms with van der Waals surface area (Å²) in [5.41, 5.74) is 2.25. The fraction of sp³-hybridized carbons (Fsp3) is 0.316. The average molecular weight is 327 g/mol. The second-order valence-electron chi connectivity index (χ2n) is 5.80. The first kappa shape index (κ1) is 16.2. The number of hydrogen-bond acceptors (Lipinski definition) is 5. The van der Waals surface area contributed by atoms with Crippen molar-refractivity contribution in [3.8, 4) is 17.2 Å². The lowest BCUT2D eigenvalue weighted by Gasteiger charge is -2.13. The van der Waals surface area contributed by atoms with Crippen molar-refractivity contribution in [1.82, 2.24) is 0 Å². The first-order valence-electron chi connectivity index (χ1n) is 8.10. The molecule has 0 bridgehead atoms. The highest BCUT2D eigenvalue weighted by Crippen LogP contribution is 2.41. The first-order chi connectivity index (χ1) is 11.6. The topological polar surface area (TPSA) is 56.8 Å². The van der Waals surface area contributed by atoms with Crippen LogP contribution in [0.25, 0.3) is 0 Å². The Balaban J connectivity index is 1.92. The van der Waals surface area contributed by atoms with Crippen LogP contribution in [0.1, 0.15) is 36.7 Å². The van der Waals surface area contributed by atoms with E-state index in [1.54, 1.807) is 18.2 Å². The molecule has 0 amide bonds. The number of carbonyl (C=O) groups is 1. The van der Waals surface area contributed by atoms with E-state index in [4.69, 9.17) is 14.2 Å². The van der Waals surface area contributed by atoms with E-state index < -0.39 is 0 Å². The maximum absolute atomic E-state index is 12.1. The van der Waals surface area contributed by atoms with E-state index >= 15 is 0 Å². The molecule has 0 spiro atoms. The fourth-order valence-corrected chi connectivity index (χ4v) is 2.55. The van der Waals surface area contributed by atoms with Crippen molar-refractivity contribution in [2.45, 2.75) is 33.4 Å². The molecule has 0 aliphatic carbocycles. The van der Waals surface area contributed by atoms with Crippen LogP contribution in [0, 0.1) is 0 Å². The molecule has 5 nitrogen and oxygen atoms in total. The summed E-state index contributed by atoms with van der Waals surface area (Å²) >= 11 is 0. The molecule has 5 heteroatoms. The van der Waals surface area contributed by atoms with E-state index in [1.807, 2.05) is 39.0 Å². The van der Waals surface area contributed by atoms with Gasteiger partial charge in [-0.25, -0.2) is 4.79 Å². The van der Waals surface area contributed by atoms with Crippen molar-refractivity contribution >= 4 is 11.7 Å². The zero-order valence-corrected chi connectivity index (χ0v) is 14.1. The summed E-state index contributed by atoms with van der Waals surface area (Å²) in [6.45, 7) is 6.75. The Morgan fingerprint density at radius 3 is 2.88 bits per heavy atom. The van der Waals surface area contributed by atoms with Crippen LogP contribution in [0.5, 0.6) is 17.2 Å². The summed E-state index contributed by atoms with van der Waals surface area (Å²) in [6, 6.07) is 11.1. The molecule has 0 saturated carbocycles. The average Bonchev–Trinajstić information content (AvgIpc) is 2.74. The van der Waals surface area contributed by atoms with Crippen molar-refractivity contribution in [2.24, 2.45) is 0 Å². The molecular formula is C19H21NO4. The minimum Gasteiger partial charge on any atom is -0.490 e. The van der Waals surface area contributed by atoms with Crippen LogP contribution in [-0.4, -0.2) is 18.7 Å². The van der Waals surface area contributed by atoms with E-state index in [9.17, 15) is 4.79 Å². The first-order valence-corrected chi connectivity index (χ1v) is 8.10.